The van der Waals surface area contributed by atoms with E-state index in [0.717, 1.165) is 24.2 Å². The van der Waals surface area contributed by atoms with Gasteiger partial charge in [-0.2, -0.15) is 0 Å². The predicted octanol–water partition coefficient (Wildman–Crippen LogP) is 4.34. The Morgan fingerprint density at radius 2 is 1.43 bits per heavy atom. The maximum atomic E-state index is 6.06. The Morgan fingerprint density at radius 3 is 2.00 bits per heavy atom. The first-order chi connectivity index (χ1) is 10.9. The van der Waals surface area contributed by atoms with Crippen LogP contribution in [0.15, 0.2) is 24.3 Å². The lowest BCUT2D eigenvalue weighted by atomic mass is 9.79. The second-order valence-electron chi connectivity index (χ2n) is 7.42. The zero-order valence-corrected chi connectivity index (χ0v) is 15.4. The Balaban J connectivity index is 1.81. The van der Waals surface area contributed by atoms with Gasteiger partial charge in [-0.05, 0) is 51.7 Å². The molecule has 0 bridgehead atoms. The number of hydrogen-bond acceptors (Lipinski definition) is 3. The van der Waals surface area contributed by atoms with Crippen LogP contribution in [-0.2, 0) is 9.31 Å². The minimum Gasteiger partial charge on any atom is -0.494 e. The molecule has 0 spiro atoms. The maximum Gasteiger partial charge on any atom is 0.494 e. The lowest BCUT2D eigenvalue weighted by Gasteiger charge is -2.32. The summed E-state index contributed by atoms with van der Waals surface area (Å²) in [5, 5.41) is 0. The quantitative estimate of drug-likeness (QED) is 0.527. The maximum absolute atomic E-state index is 6.06. The van der Waals surface area contributed by atoms with Crippen molar-refractivity contribution in [2.45, 2.75) is 77.9 Å². The molecule has 23 heavy (non-hydrogen) atoms. The Bertz CT molecular complexity index is 466. The number of hydrogen-bond donors (Lipinski definition) is 0. The first kappa shape index (κ1) is 18.3. The van der Waals surface area contributed by atoms with E-state index in [2.05, 4.69) is 34.6 Å². The van der Waals surface area contributed by atoms with Crippen molar-refractivity contribution in [1.29, 1.82) is 0 Å². The Labute approximate surface area is 141 Å². The van der Waals surface area contributed by atoms with E-state index in [4.69, 9.17) is 14.0 Å². The van der Waals surface area contributed by atoms with Crippen LogP contribution in [-0.4, -0.2) is 24.9 Å². The predicted molar refractivity (Wildman–Crippen MR) is 96.4 cm³/mol. The smallest absolute Gasteiger partial charge is 0.494 e. The van der Waals surface area contributed by atoms with Crippen molar-refractivity contribution in [2.75, 3.05) is 6.61 Å². The Morgan fingerprint density at radius 1 is 0.870 bits per heavy atom. The summed E-state index contributed by atoms with van der Waals surface area (Å²) in [6.07, 6.45) is 6.28. The Kier molecular flexibility index (Phi) is 6.16. The van der Waals surface area contributed by atoms with Gasteiger partial charge in [-0.15, -0.1) is 0 Å². The van der Waals surface area contributed by atoms with Gasteiger partial charge in [-0.1, -0.05) is 44.7 Å². The summed E-state index contributed by atoms with van der Waals surface area (Å²) in [6, 6.07) is 8.09. The van der Waals surface area contributed by atoms with Crippen molar-refractivity contribution in [2.24, 2.45) is 0 Å². The van der Waals surface area contributed by atoms with Crippen LogP contribution in [0.2, 0.25) is 0 Å². The van der Waals surface area contributed by atoms with Crippen molar-refractivity contribution in [3.05, 3.63) is 24.3 Å². The molecule has 0 aliphatic carbocycles. The third kappa shape index (κ3) is 4.74. The van der Waals surface area contributed by atoms with Gasteiger partial charge >= 0.3 is 7.12 Å². The van der Waals surface area contributed by atoms with Gasteiger partial charge in [0.25, 0.3) is 0 Å². The molecule has 1 heterocycles. The molecule has 1 saturated heterocycles. The highest BCUT2D eigenvalue weighted by Gasteiger charge is 2.51. The lowest BCUT2D eigenvalue weighted by Crippen LogP contribution is -2.41. The van der Waals surface area contributed by atoms with E-state index in [1.54, 1.807) is 0 Å². The van der Waals surface area contributed by atoms with E-state index in [-0.39, 0.29) is 18.3 Å². The molecule has 128 valence electrons. The standard InChI is InChI=1S/C19H31BO3/c1-6-7-8-9-10-15-21-17-13-11-16(12-14-17)20-22-18(2,3)19(4,5)23-20/h11-14H,6-10,15H2,1-5H3. The van der Waals surface area contributed by atoms with Crippen LogP contribution in [0.4, 0.5) is 0 Å². The highest BCUT2D eigenvalue weighted by Crippen LogP contribution is 2.36. The van der Waals surface area contributed by atoms with Crippen LogP contribution in [0, 0.1) is 0 Å². The highest BCUT2D eigenvalue weighted by molar-refractivity contribution is 6.62. The second kappa shape index (κ2) is 7.72. The number of unbranched alkanes of at least 4 members (excludes halogenated alkanes) is 4. The summed E-state index contributed by atoms with van der Waals surface area (Å²) >= 11 is 0. The summed E-state index contributed by atoms with van der Waals surface area (Å²) in [4.78, 5) is 0. The van der Waals surface area contributed by atoms with Gasteiger partial charge in [-0.3, -0.25) is 0 Å². The van der Waals surface area contributed by atoms with Gasteiger partial charge in [-0.25, -0.2) is 0 Å². The molecule has 1 aliphatic rings. The molecule has 4 heteroatoms. The molecule has 1 fully saturated rings. The van der Waals surface area contributed by atoms with Gasteiger partial charge in [0.05, 0.1) is 17.8 Å². The summed E-state index contributed by atoms with van der Waals surface area (Å²) in [6.45, 7) is 11.3. The van der Waals surface area contributed by atoms with Crippen LogP contribution in [0.3, 0.4) is 0 Å². The molecule has 1 aromatic carbocycles. The summed E-state index contributed by atoms with van der Waals surface area (Å²) in [7, 11) is -0.303. The van der Waals surface area contributed by atoms with E-state index >= 15 is 0 Å². The Hall–Kier alpha value is -0.995. The molecule has 0 saturated carbocycles. The van der Waals surface area contributed by atoms with Gasteiger partial charge in [0.15, 0.2) is 0 Å². The van der Waals surface area contributed by atoms with Gasteiger partial charge < -0.3 is 14.0 Å². The largest absolute Gasteiger partial charge is 0.494 e. The van der Waals surface area contributed by atoms with Gasteiger partial charge in [0, 0.05) is 0 Å². The van der Waals surface area contributed by atoms with E-state index < -0.39 is 0 Å². The molecule has 0 amide bonds. The minimum atomic E-state index is -0.303. The third-order valence-corrected chi connectivity index (χ3v) is 4.92. The second-order valence-corrected chi connectivity index (χ2v) is 7.42. The van der Waals surface area contributed by atoms with Crippen molar-refractivity contribution in [1.82, 2.24) is 0 Å². The van der Waals surface area contributed by atoms with Crippen molar-refractivity contribution in [3.8, 4) is 5.75 Å². The van der Waals surface area contributed by atoms with Crippen molar-refractivity contribution in [3.63, 3.8) is 0 Å². The first-order valence-corrected chi connectivity index (χ1v) is 8.94. The van der Waals surface area contributed by atoms with Gasteiger partial charge in [0.2, 0.25) is 0 Å². The monoisotopic (exact) mass is 318 g/mol. The minimum absolute atomic E-state index is 0.300. The summed E-state index contributed by atoms with van der Waals surface area (Å²) in [5.41, 5.74) is 0.440. The van der Waals surface area contributed by atoms with Crippen LogP contribution in [0.1, 0.15) is 66.7 Å². The zero-order chi connectivity index (χ0) is 16.9. The molecular formula is C19H31BO3. The molecule has 1 aliphatic heterocycles. The third-order valence-electron chi connectivity index (χ3n) is 4.92. The number of benzene rings is 1. The first-order valence-electron chi connectivity index (χ1n) is 8.94. The normalized spacial score (nSPS) is 19.1. The average Bonchev–Trinajstić information content (AvgIpc) is 2.72. The fourth-order valence-corrected chi connectivity index (χ4v) is 2.60. The molecule has 1 aromatic rings. The molecule has 0 N–H and O–H groups in total. The van der Waals surface area contributed by atoms with Gasteiger partial charge in [0.1, 0.15) is 5.75 Å². The topological polar surface area (TPSA) is 27.7 Å². The van der Waals surface area contributed by atoms with E-state index in [9.17, 15) is 0 Å². The molecule has 0 aromatic heterocycles. The fraction of sp³-hybridized carbons (Fsp3) is 0.684. The number of rotatable bonds is 8. The SMILES string of the molecule is CCCCCCCOc1ccc(B2OC(C)(C)C(C)(C)O2)cc1. The van der Waals surface area contributed by atoms with Crippen LogP contribution in [0.5, 0.6) is 5.75 Å². The molecular weight excluding hydrogens is 287 g/mol. The van der Waals surface area contributed by atoms with E-state index in [1.807, 2.05) is 24.3 Å². The van der Waals surface area contributed by atoms with E-state index in [1.165, 1.54) is 25.7 Å². The van der Waals surface area contributed by atoms with E-state index in [0.29, 0.717) is 0 Å². The molecule has 2 rings (SSSR count). The summed E-state index contributed by atoms with van der Waals surface area (Å²) < 4.78 is 17.9. The van der Waals surface area contributed by atoms with Crippen molar-refractivity contribution >= 4 is 12.6 Å². The zero-order valence-electron chi connectivity index (χ0n) is 15.4. The van der Waals surface area contributed by atoms with Crippen molar-refractivity contribution < 1.29 is 14.0 Å². The fourth-order valence-electron chi connectivity index (χ4n) is 2.60. The van der Waals surface area contributed by atoms with Crippen LogP contribution >= 0.6 is 0 Å². The summed E-state index contributed by atoms with van der Waals surface area (Å²) in [5.74, 6) is 0.917. The van der Waals surface area contributed by atoms with Crippen LogP contribution < -0.4 is 10.2 Å². The molecule has 0 radical (unpaired) electrons. The molecule has 0 unspecified atom stereocenters. The number of ether oxygens (including phenoxy) is 1. The average molecular weight is 318 g/mol. The molecule has 0 atom stereocenters. The lowest BCUT2D eigenvalue weighted by molar-refractivity contribution is 0.00578. The van der Waals surface area contributed by atoms with Crippen LogP contribution in [0.25, 0.3) is 0 Å². The molecule has 3 nitrogen and oxygen atoms in total. The highest BCUT2D eigenvalue weighted by atomic mass is 16.7.